The normalized spacial score (nSPS) is 10.7. The van der Waals surface area contributed by atoms with Crippen molar-refractivity contribution in [3.8, 4) is 11.4 Å². The fraction of sp³-hybridized carbons (Fsp3) is 0.188. The van der Waals surface area contributed by atoms with Crippen molar-refractivity contribution in [1.82, 2.24) is 19.8 Å². The molecule has 3 rings (SSSR count). The standard InChI is InChI=1S/C16H17N5OS2/c1-20(10-13-8-5-9-23-13)14(22)11-24-16-19-18-15(21(16)17)12-6-3-2-4-7-12/h2-9H,10-11,17H2,1H3. The number of nitrogens with zero attached hydrogens (tertiary/aromatic N) is 4. The van der Waals surface area contributed by atoms with Gasteiger partial charge in [0.05, 0.1) is 12.3 Å². The van der Waals surface area contributed by atoms with E-state index in [1.807, 2.05) is 47.8 Å². The minimum absolute atomic E-state index is 0.0256. The molecule has 0 radical (unpaired) electrons. The van der Waals surface area contributed by atoms with Crippen LogP contribution in [-0.2, 0) is 11.3 Å². The molecule has 1 aromatic carbocycles. The second-order valence-electron chi connectivity index (χ2n) is 5.16. The van der Waals surface area contributed by atoms with E-state index in [-0.39, 0.29) is 11.7 Å². The molecule has 0 aliphatic rings. The highest BCUT2D eigenvalue weighted by atomic mass is 32.2. The van der Waals surface area contributed by atoms with E-state index >= 15 is 0 Å². The molecule has 8 heteroatoms. The van der Waals surface area contributed by atoms with Gasteiger partial charge in [-0.1, -0.05) is 48.2 Å². The molecule has 0 aliphatic heterocycles. The van der Waals surface area contributed by atoms with Crippen LogP contribution in [0.2, 0.25) is 0 Å². The number of amides is 1. The summed E-state index contributed by atoms with van der Waals surface area (Å²) in [6, 6.07) is 13.6. The molecule has 0 saturated heterocycles. The molecule has 6 nitrogen and oxygen atoms in total. The number of thioether (sulfide) groups is 1. The fourth-order valence-corrected chi connectivity index (χ4v) is 3.67. The van der Waals surface area contributed by atoms with Crippen LogP contribution in [0.25, 0.3) is 11.4 Å². The van der Waals surface area contributed by atoms with E-state index in [0.717, 1.165) is 10.4 Å². The highest BCUT2D eigenvalue weighted by Gasteiger charge is 2.15. The van der Waals surface area contributed by atoms with Gasteiger partial charge in [-0.3, -0.25) is 4.79 Å². The average Bonchev–Trinajstić information content (AvgIpc) is 3.23. The molecule has 124 valence electrons. The number of benzene rings is 1. The molecule has 0 fully saturated rings. The van der Waals surface area contributed by atoms with Crippen molar-refractivity contribution in [2.45, 2.75) is 11.7 Å². The number of aromatic nitrogens is 3. The zero-order chi connectivity index (χ0) is 16.9. The number of rotatable bonds is 6. The second kappa shape index (κ2) is 7.50. The Bertz CT molecular complexity index is 801. The van der Waals surface area contributed by atoms with Crippen molar-refractivity contribution in [1.29, 1.82) is 0 Å². The van der Waals surface area contributed by atoms with Gasteiger partial charge in [-0.05, 0) is 11.4 Å². The van der Waals surface area contributed by atoms with E-state index in [0.29, 0.717) is 17.5 Å². The third-order valence-corrected chi connectivity index (χ3v) is 5.21. The maximum absolute atomic E-state index is 12.2. The Morgan fingerprint density at radius 2 is 2.04 bits per heavy atom. The summed E-state index contributed by atoms with van der Waals surface area (Å²) in [6.45, 7) is 0.613. The van der Waals surface area contributed by atoms with Crippen molar-refractivity contribution < 1.29 is 4.79 Å². The van der Waals surface area contributed by atoms with Gasteiger partial charge in [0.1, 0.15) is 0 Å². The number of nitrogen functional groups attached to an aromatic ring is 1. The molecule has 1 amide bonds. The second-order valence-corrected chi connectivity index (χ2v) is 7.13. The van der Waals surface area contributed by atoms with Gasteiger partial charge in [-0.15, -0.1) is 21.5 Å². The van der Waals surface area contributed by atoms with Gasteiger partial charge in [0, 0.05) is 17.5 Å². The third-order valence-electron chi connectivity index (χ3n) is 3.42. The number of carbonyl (C=O) groups is 1. The molecule has 0 spiro atoms. The Morgan fingerprint density at radius 3 is 2.75 bits per heavy atom. The minimum Gasteiger partial charge on any atom is -0.340 e. The fourth-order valence-electron chi connectivity index (χ4n) is 2.12. The van der Waals surface area contributed by atoms with Crippen LogP contribution in [0.5, 0.6) is 0 Å². The Hall–Kier alpha value is -2.32. The monoisotopic (exact) mass is 359 g/mol. The van der Waals surface area contributed by atoms with Crippen molar-refractivity contribution >= 4 is 29.0 Å². The van der Waals surface area contributed by atoms with E-state index in [2.05, 4.69) is 10.2 Å². The smallest absolute Gasteiger partial charge is 0.233 e. The molecule has 2 heterocycles. The van der Waals surface area contributed by atoms with Gasteiger partial charge in [0.15, 0.2) is 5.82 Å². The van der Waals surface area contributed by atoms with Crippen LogP contribution in [0.4, 0.5) is 0 Å². The SMILES string of the molecule is CN(Cc1cccs1)C(=O)CSc1nnc(-c2ccccc2)n1N. The van der Waals surface area contributed by atoms with Crippen LogP contribution in [-0.4, -0.2) is 38.5 Å². The van der Waals surface area contributed by atoms with E-state index in [1.165, 1.54) is 16.4 Å². The van der Waals surface area contributed by atoms with E-state index < -0.39 is 0 Å². The number of hydrogen-bond acceptors (Lipinski definition) is 6. The number of nitrogens with two attached hydrogens (primary N) is 1. The maximum atomic E-state index is 12.2. The van der Waals surface area contributed by atoms with Crippen molar-refractivity contribution in [3.63, 3.8) is 0 Å². The third kappa shape index (κ3) is 3.77. The first-order chi connectivity index (χ1) is 11.6. The summed E-state index contributed by atoms with van der Waals surface area (Å²) in [5.74, 6) is 6.93. The Balaban J connectivity index is 1.61. The quantitative estimate of drug-likeness (QED) is 0.540. The Morgan fingerprint density at radius 1 is 1.25 bits per heavy atom. The zero-order valence-electron chi connectivity index (χ0n) is 13.1. The highest BCUT2D eigenvalue weighted by Crippen LogP contribution is 2.21. The zero-order valence-corrected chi connectivity index (χ0v) is 14.8. The summed E-state index contributed by atoms with van der Waals surface area (Å²) in [6.07, 6.45) is 0. The molecule has 2 N–H and O–H groups in total. The first-order valence-corrected chi connectivity index (χ1v) is 9.16. The van der Waals surface area contributed by atoms with E-state index in [4.69, 9.17) is 5.84 Å². The van der Waals surface area contributed by atoms with Gasteiger partial charge < -0.3 is 10.7 Å². The van der Waals surface area contributed by atoms with E-state index in [9.17, 15) is 4.79 Å². The lowest BCUT2D eigenvalue weighted by molar-refractivity contribution is -0.127. The van der Waals surface area contributed by atoms with Crippen molar-refractivity contribution in [2.24, 2.45) is 0 Å². The molecule has 3 aromatic rings. The van der Waals surface area contributed by atoms with Crippen molar-refractivity contribution in [2.75, 3.05) is 18.6 Å². The van der Waals surface area contributed by atoms with E-state index in [1.54, 1.807) is 23.3 Å². The molecule has 0 atom stereocenters. The molecular weight excluding hydrogens is 342 g/mol. The summed E-state index contributed by atoms with van der Waals surface area (Å²) in [5, 5.41) is 10.7. The molecular formula is C16H17N5OS2. The van der Waals surface area contributed by atoms with Crippen LogP contribution in [0, 0.1) is 0 Å². The van der Waals surface area contributed by atoms with Crippen LogP contribution in [0.1, 0.15) is 4.88 Å². The summed E-state index contributed by atoms with van der Waals surface area (Å²) in [5.41, 5.74) is 0.889. The predicted octanol–water partition coefficient (Wildman–Crippen LogP) is 2.47. The van der Waals surface area contributed by atoms with Crippen molar-refractivity contribution in [3.05, 3.63) is 52.7 Å². The average molecular weight is 359 g/mol. The van der Waals surface area contributed by atoms with Crippen LogP contribution in [0.15, 0.2) is 53.0 Å². The number of carbonyl (C=O) groups excluding carboxylic acids is 1. The van der Waals surface area contributed by atoms with Gasteiger partial charge in [0.2, 0.25) is 11.1 Å². The molecule has 0 unspecified atom stereocenters. The number of hydrogen-bond donors (Lipinski definition) is 1. The lowest BCUT2D eigenvalue weighted by atomic mass is 10.2. The summed E-state index contributed by atoms with van der Waals surface area (Å²) < 4.78 is 1.42. The Kier molecular flexibility index (Phi) is 5.17. The van der Waals surface area contributed by atoms with Gasteiger partial charge >= 0.3 is 0 Å². The number of thiophene rings is 1. The minimum atomic E-state index is 0.0256. The highest BCUT2D eigenvalue weighted by molar-refractivity contribution is 7.99. The molecule has 2 aromatic heterocycles. The first kappa shape index (κ1) is 16.5. The van der Waals surface area contributed by atoms with Crippen LogP contribution >= 0.6 is 23.1 Å². The molecule has 0 saturated carbocycles. The van der Waals surface area contributed by atoms with Gasteiger partial charge in [0.25, 0.3) is 0 Å². The summed E-state index contributed by atoms with van der Waals surface area (Å²) in [4.78, 5) is 15.1. The van der Waals surface area contributed by atoms with Crippen LogP contribution < -0.4 is 5.84 Å². The maximum Gasteiger partial charge on any atom is 0.233 e. The summed E-state index contributed by atoms with van der Waals surface area (Å²) in [7, 11) is 1.80. The predicted molar refractivity (Wildman–Crippen MR) is 97.1 cm³/mol. The first-order valence-electron chi connectivity index (χ1n) is 7.30. The largest absolute Gasteiger partial charge is 0.340 e. The van der Waals surface area contributed by atoms with Crippen LogP contribution in [0.3, 0.4) is 0 Å². The lowest BCUT2D eigenvalue weighted by Gasteiger charge is -2.15. The molecule has 24 heavy (non-hydrogen) atoms. The van der Waals surface area contributed by atoms with Gasteiger partial charge in [-0.2, -0.15) is 0 Å². The van der Waals surface area contributed by atoms with Gasteiger partial charge in [-0.25, -0.2) is 4.68 Å². The topological polar surface area (TPSA) is 77.0 Å². The summed E-state index contributed by atoms with van der Waals surface area (Å²) >= 11 is 2.93. The lowest BCUT2D eigenvalue weighted by Crippen LogP contribution is -2.27. The Labute approximate surface area is 148 Å². The molecule has 0 aliphatic carbocycles. The molecule has 0 bridgehead atoms.